The fourth-order valence-electron chi connectivity index (χ4n) is 1.74. The number of ether oxygens (including phenoxy) is 1. The lowest BCUT2D eigenvalue weighted by atomic mass is 10.0. The van der Waals surface area contributed by atoms with Crippen LogP contribution in [-0.2, 0) is 16.8 Å². The zero-order chi connectivity index (χ0) is 11.1. The van der Waals surface area contributed by atoms with Crippen molar-refractivity contribution in [3.8, 4) is 0 Å². The molecule has 3 nitrogen and oxygen atoms in total. The van der Waals surface area contributed by atoms with E-state index in [2.05, 4.69) is 4.98 Å². The molecule has 1 unspecified atom stereocenters. The van der Waals surface area contributed by atoms with E-state index in [9.17, 15) is 5.11 Å². The van der Waals surface area contributed by atoms with E-state index < -0.39 is 0 Å². The lowest BCUT2D eigenvalue weighted by Gasteiger charge is -2.19. The smallest absolute Gasteiger partial charge is 0.125 e. The Kier molecular flexibility index (Phi) is 2.83. The molecule has 1 aliphatic rings. The summed E-state index contributed by atoms with van der Waals surface area (Å²) in [6.07, 6.45) is 2.57. The zero-order valence-electron chi connectivity index (χ0n) is 9.41. The van der Waals surface area contributed by atoms with Gasteiger partial charge in [-0.1, -0.05) is 0 Å². The number of fused-ring (bicyclic) bond motifs is 1. The molecule has 1 atom stereocenters. The largest absolute Gasteiger partial charge is 0.388 e. The molecule has 0 aliphatic heterocycles. The van der Waals surface area contributed by atoms with Gasteiger partial charge in [0.2, 0.25) is 0 Å². The Bertz CT molecular complexity index is 359. The minimum absolute atomic E-state index is 0.312. The lowest BCUT2D eigenvalue weighted by Crippen LogP contribution is -2.19. The highest BCUT2D eigenvalue weighted by Gasteiger charge is 2.29. The Labute approximate surface area is 94.1 Å². The van der Waals surface area contributed by atoms with Gasteiger partial charge >= 0.3 is 0 Å². The van der Waals surface area contributed by atoms with Crippen LogP contribution in [0.1, 0.15) is 48.4 Å². The number of hydrogen-bond donors (Lipinski definition) is 1. The van der Waals surface area contributed by atoms with E-state index in [0.717, 1.165) is 34.8 Å². The lowest BCUT2D eigenvalue weighted by molar-refractivity contribution is 0.0189. The molecular formula is C11H17NO2S. The topological polar surface area (TPSA) is 42.4 Å². The van der Waals surface area contributed by atoms with E-state index >= 15 is 0 Å². The van der Waals surface area contributed by atoms with Crippen LogP contribution in [0.3, 0.4) is 0 Å². The first kappa shape index (κ1) is 11.0. The van der Waals surface area contributed by atoms with Crippen molar-refractivity contribution in [3.63, 3.8) is 0 Å². The average molecular weight is 227 g/mol. The van der Waals surface area contributed by atoms with Gasteiger partial charge in [-0.05, 0) is 33.1 Å². The minimum atomic E-state index is -0.346. The summed E-state index contributed by atoms with van der Waals surface area (Å²) in [6.45, 7) is 4.01. The molecule has 0 amide bonds. The first-order chi connectivity index (χ1) is 7.04. The van der Waals surface area contributed by atoms with Gasteiger partial charge in [0.05, 0.1) is 16.7 Å². The molecule has 0 saturated carbocycles. The number of methoxy groups -OCH3 is 1. The zero-order valence-corrected chi connectivity index (χ0v) is 10.2. The number of aliphatic hydroxyl groups excluding tert-OH is 1. The van der Waals surface area contributed by atoms with Crippen LogP contribution in [0.15, 0.2) is 0 Å². The number of nitrogens with zero attached hydrogens (tertiary/aromatic N) is 1. The number of hydrogen-bond acceptors (Lipinski definition) is 4. The standard InChI is InChI=1S/C11H17NO2S/c1-11(2,14-3)10-12-7-5-4-6-8(13)9(7)15-10/h8,13H,4-6H2,1-3H3. The number of aryl methyl sites for hydroxylation is 1. The second-order valence-corrected chi connectivity index (χ2v) is 5.48. The third-order valence-electron chi connectivity index (χ3n) is 2.95. The van der Waals surface area contributed by atoms with Crippen molar-refractivity contribution >= 4 is 11.3 Å². The summed E-state index contributed by atoms with van der Waals surface area (Å²) in [7, 11) is 1.69. The summed E-state index contributed by atoms with van der Waals surface area (Å²) in [6, 6.07) is 0. The molecule has 1 heterocycles. The van der Waals surface area contributed by atoms with Crippen molar-refractivity contribution in [3.05, 3.63) is 15.6 Å². The summed E-state index contributed by atoms with van der Waals surface area (Å²) in [4.78, 5) is 5.62. The number of aliphatic hydroxyl groups is 1. The first-order valence-corrected chi connectivity index (χ1v) is 6.09. The molecule has 0 aromatic carbocycles. The van der Waals surface area contributed by atoms with Gasteiger partial charge in [0.25, 0.3) is 0 Å². The predicted octanol–water partition coefficient (Wildman–Crippen LogP) is 2.39. The molecule has 15 heavy (non-hydrogen) atoms. The Balaban J connectivity index is 2.37. The minimum Gasteiger partial charge on any atom is -0.388 e. The van der Waals surface area contributed by atoms with E-state index in [4.69, 9.17) is 4.74 Å². The van der Waals surface area contributed by atoms with Crippen molar-refractivity contribution < 1.29 is 9.84 Å². The van der Waals surface area contributed by atoms with E-state index in [1.807, 2.05) is 13.8 Å². The molecule has 1 aromatic rings. The second kappa shape index (κ2) is 3.85. The van der Waals surface area contributed by atoms with Crippen LogP contribution < -0.4 is 0 Å². The average Bonchev–Trinajstić information content (AvgIpc) is 2.64. The number of aromatic nitrogens is 1. The SMILES string of the molecule is COC(C)(C)c1nc2c(s1)C(O)CCC2. The van der Waals surface area contributed by atoms with Crippen molar-refractivity contribution in [2.24, 2.45) is 0 Å². The summed E-state index contributed by atoms with van der Waals surface area (Å²) in [5.41, 5.74) is 0.723. The van der Waals surface area contributed by atoms with Crippen molar-refractivity contribution in [2.45, 2.75) is 44.8 Å². The normalized spacial score (nSPS) is 21.5. The second-order valence-electron chi connectivity index (χ2n) is 4.45. The summed E-state index contributed by atoms with van der Waals surface area (Å²) in [5, 5.41) is 10.8. The maximum Gasteiger partial charge on any atom is 0.125 e. The van der Waals surface area contributed by atoms with Gasteiger partial charge < -0.3 is 9.84 Å². The van der Waals surface area contributed by atoms with Gasteiger partial charge in [-0.3, -0.25) is 0 Å². The Morgan fingerprint density at radius 2 is 2.27 bits per heavy atom. The molecule has 4 heteroatoms. The van der Waals surface area contributed by atoms with Gasteiger partial charge in [0.15, 0.2) is 0 Å². The molecule has 1 aromatic heterocycles. The van der Waals surface area contributed by atoms with Crippen LogP contribution in [0.2, 0.25) is 0 Å². The first-order valence-electron chi connectivity index (χ1n) is 5.28. The van der Waals surface area contributed by atoms with Crippen molar-refractivity contribution in [1.29, 1.82) is 0 Å². The van der Waals surface area contributed by atoms with Crippen LogP contribution in [0.4, 0.5) is 0 Å². The maximum absolute atomic E-state index is 9.84. The molecular weight excluding hydrogens is 210 g/mol. The molecule has 1 aliphatic carbocycles. The van der Waals surface area contributed by atoms with E-state index in [0.29, 0.717) is 0 Å². The van der Waals surface area contributed by atoms with Crippen LogP contribution in [0.25, 0.3) is 0 Å². The van der Waals surface area contributed by atoms with Crippen LogP contribution in [0.5, 0.6) is 0 Å². The molecule has 0 radical (unpaired) electrons. The molecule has 0 fully saturated rings. The highest BCUT2D eigenvalue weighted by atomic mass is 32.1. The predicted molar refractivity (Wildman–Crippen MR) is 60.0 cm³/mol. The Morgan fingerprint density at radius 3 is 2.87 bits per heavy atom. The van der Waals surface area contributed by atoms with E-state index in [-0.39, 0.29) is 11.7 Å². The summed E-state index contributed by atoms with van der Waals surface area (Å²) >= 11 is 1.59. The fraction of sp³-hybridized carbons (Fsp3) is 0.727. The third-order valence-corrected chi connectivity index (χ3v) is 4.45. The van der Waals surface area contributed by atoms with Crippen LogP contribution in [0, 0.1) is 0 Å². The quantitative estimate of drug-likeness (QED) is 0.843. The Hall–Kier alpha value is -0.450. The van der Waals surface area contributed by atoms with E-state index in [1.54, 1.807) is 18.4 Å². The third kappa shape index (κ3) is 1.94. The van der Waals surface area contributed by atoms with Gasteiger partial charge in [0, 0.05) is 7.11 Å². The monoisotopic (exact) mass is 227 g/mol. The van der Waals surface area contributed by atoms with Gasteiger partial charge in [-0.15, -0.1) is 11.3 Å². The van der Waals surface area contributed by atoms with Gasteiger partial charge in [-0.2, -0.15) is 0 Å². The van der Waals surface area contributed by atoms with Crippen molar-refractivity contribution in [1.82, 2.24) is 4.98 Å². The molecule has 0 spiro atoms. The number of rotatable bonds is 2. The molecule has 84 valence electrons. The van der Waals surface area contributed by atoms with Crippen LogP contribution >= 0.6 is 11.3 Å². The maximum atomic E-state index is 9.84. The van der Waals surface area contributed by atoms with E-state index in [1.165, 1.54) is 0 Å². The summed E-state index contributed by atoms with van der Waals surface area (Å²) < 4.78 is 5.40. The molecule has 0 saturated heterocycles. The highest BCUT2D eigenvalue weighted by molar-refractivity contribution is 7.12. The molecule has 0 bridgehead atoms. The Morgan fingerprint density at radius 1 is 1.53 bits per heavy atom. The molecule has 1 N–H and O–H groups in total. The van der Waals surface area contributed by atoms with Crippen LogP contribution in [-0.4, -0.2) is 17.2 Å². The summed E-state index contributed by atoms with van der Waals surface area (Å²) in [5.74, 6) is 0. The fourth-order valence-corrected chi connectivity index (χ4v) is 2.95. The van der Waals surface area contributed by atoms with Crippen molar-refractivity contribution in [2.75, 3.05) is 7.11 Å². The highest BCUT2D eigenvalue weighted by Crippen LogP contribution is 2.38. The van der Waals surface area contributed by atoms with Gasteiger partial charge in [0.1, 0.15) is 10.6 Å². The van der Waals surface area contributed by atoms with Gasteiger partial charge in [-0.25, -0.2) is 4.98 Å². The number of thiazole rings is 1. The molecule has 2 rings (SSSR count).